The fraction of sp³-hybridized carbons (Fsp3) is 0.588. The number of benzene rings is 1. The van der Waals surface area contributed by atoms with Gasteiger partial charge >= 0.3 is 5.97 Å². The van der Waals surface area contributed by atoms with Crippen LogP contribution in [0.5, 0.6) is 5.75 Å². The first-order valence-corrected chi connectivity index (χ1v) is 7.60. The standard InChI is InChI=1S/C17H20O3/c18-15-2-1-13(6-14(15)16(19)20)17-7-10-3-11(8-17)5-12(4-10)9-17/h1-2,6,10-12,18H,3-5,7-9H2,(H,19,20)/p-1. The van der Waals surface area contributed by atoms with Crippen LogP contribution < -0.4 is 5.11 Å². The molecule has 0 spiro atoms. The van der Waals surface area contributed by atoms with Gasteiger partial charge in [0.25, 0.3) is 0 Å². The largest absolute Gasteiger partial charge is 0.872 e. The van der Waals surface area contributed by atoms with E-state index in [2.05, 4.69) is 0 Å². The monoisotopic (exact) mass is 271 g/mol. The molecular formula is C17H19O3-. The van der Waals surface area contributed by atoms with E-state index >= 15 is 0 Å². The number of carboxylic acid groups (broad SMARTS) is 1. The van der Waals surface area contributed by atoms with Gasteiger partial charge in [0.05, 0.1) is 5.56 Å². The molecule has 0 aromatic heterocycles. The molecule has 106 valence electrons. The third kappa shape index (κ3) is 1.68. The van der Waals surface area contributed by atoms with Crippen LogP contribution in [0.1, 0.15) is 54.4 Å². The third-order valence-corrected chi connectivity index (χ3v) is 5.86. The Morgan fingerprint density at radius 3 is 2.15 bits per heavy atom. The molecule has 0 unspecified atom stereocenters. The van der Waals surface area contributed by atoms with Gasteiger partial charge in [-0.2, -0.15) is 0 Å². The number of carbonyl (C=O) groups is 1. The summed E-state index contributed by atoms with van der Waals surface area (Å²) in [6, 6.07) is 5.01. The molecule has 4 aliphatic carbocycles. The van der Waals surface area contributed by atoms with Gasteiger partial charge in [0.15, 0.2) is 0 Å². The minimum atomic E-state index is -1.10. The average Bonchev–Trinajstić information content (AvgIpc) is 2.37. The molecule has 0 heterocycles. The van der Waals surface area contributed by atoms with Crippen LogP contribution in [-0.4, -0.2) is 11.1 Å². The number of rotatable bonds is 2. The summed E-state index contributed by atoms with van der Waals surface area (Å²) < 4.78 is 0. The van der Waals surface area contributed by atoms with Crippen LogP contribution in [0.15, 0.2) is 18.2 Å². The van der Waals surface area contributed by atoms with Gasteiger partial charge in [-0.1, -0.05) is 17.9 Å². The highest BCUT2D eigenvalue weighted by Gasteiger charge is 2.51. The lowest BCUT2D eigenvalue weighted by Gasteiger charge is -2.57. The molecule has 4 saturated carbocycles. The maximum absolute atomic E-state index is 11.7. The van der Waals surface area contributed by atoms with Crippen LogP contribution in [0.3, 0.4) is 0 Å². The Labute approximate surface area is 118 Å². The predicted octanol–water partition coefficient (Wildman–Crippen LogP) is 2.93. The maximum Gasteiger partial charge on any atom is 0.335 e. The van der Waals surface area contributed by atoms with E-state index in [4.69, 9.17) is 0 Å². The second-order valence-corrected chi connectivity index (χ2v) is 7.21. The first-order valence-electron chi connectivity index (χ1n) is 7.60. The van der Waals surface area contributed by atoms with Crippen molar-refractivity contribution in [3.63, 3.8) is 0 Å². The highest BCUT2D eigenvalue weighted by atomic mass is 16.4. The highest BCUT2D eigenvalue weighted by molar-refractivity contribution is 5.90. The average molecular weight is 271 g/mol. The molecular weight excluding hydrogens is 252 g/mol. The van der Waals surface area contributed by atoms with E-state index in [9.17, 15) is 15.0 Å². The van der Waals surface area contributed by atoms with Gasteiger partial charge in [-0.15, -0.1) is 0 Å². The van der Waals surface area contributed by atoms with E-state index in [1.54, 1.807) is 6.07 Å². The Kier molecular flexibility index (Phi) is 2.45. The zero-order chi connectivity index (χ0) is 13.9. The Balaban J connectivity index is 1.77. The fourth-order valence-electron chi connectivity index (χ4n) is 5.49. The zero-order valence-electron chi connectivity index (χ0n) is 11.5. The van der Waals surface area contributed by atoms with Crippen molar-refractivity contribution in [3.05, 3.63) is 29.3 Å². The van der Waals surface area contributed by atoms with Crippen LogP contribution in [0.4, 0.5) is 0 Å². The Hall–Kier alpha value is -1.51. The summed E-state index contributed by atoms with van der Waals surface area (Å²) >= 11 is 0. The van der Waals surface area contributed by atoms with E-state index in [0.29, 0.717) is 0 Å². The van der Waals surface area contributed by atoms with E-state index in [0.717, 1.165) is 23.3 Å². The van der Waals surface area contributed by atoms with E-state index in [-0.39, 0.29) is 16.7 Å². The molecule has 4 bridgehead atoms. The lowest BCUT2D eigenvalue weighted by atomic mass is 9.48. The van der Waals surface area contributed by atoms with Crippen molar-refractivity contribution >= 4 is 5.97 Å². The summed E-state index contributed by atoms with van der Waals surface area (Å²) in [6.07, 6.45) is 7.67. The first kappa shape index (κ1) is 12.2. The molecule has 3 heteroatoms. The van der Waals surface area contributed by atoms with Crippen LogP contribution in [0, 0.1) is 17.8 Å². The molecule has 20 heavy (non-hydrogen) atoms. The zero-order valence-corrected chi connectivity index (χ0v) is 11.5. The Morgan fingerprint density at radius 1 is 1.10 bits per heavy atom. The molecule has 0 radical (unpaired) electrons. The molecule has 4 fully saturated rings. The predicted molar refractivity (Wildman–Crippen MR) is 72.7 cm³/mol. The van der Waals surface area contributed by atoms with Crippen LogP contribution >= 0.6 is 0 Å². The molecule has 0 saturated heterocycles. The van der Waals surface area contributed by atoms with Crippen molar-refractivity contribution in [2.75, 3.05) is 0 Å². The SMILES string of the molecule is O=C(O)c1cc(C23CC4CC(CC(C4)C2)C3)ccc1[O-]. The maximum atomic E-state index is 11.7. The van der Waals surface area contributed by atoms with E-state index in [1.807, 2.05) is 6.07 Å². The molecule has 3 nitrogen and oxygen atoms in total. The van der Waals surface area contributed by atoms with Gasteiger partial charge < -0.3 is 10.2 Å². The van der Waals surface area contributed by atoms with Gasteiger partial charge in [0.2, 0.25) is 0 Å². The molecule has 0 atom stereocenters. The van der Waals surface area contributed by atoms with Gasteiger partial charge in [0.1, 0.15) is 0 Å². The number of hydrogen-bond acceptors (Lipinski definition) is 2. The summed E-state index contributed by atoms with van der Waals surface area (Å²) in [6.45, 7) is 0. The molecule has 1 aromatic carbocycles. The molecule has 1 N–H and O–H groups in total. The van der Waals surface area contributed by atoms with Crippen molar-refractivity contribution in [1.82, 2.24) is 0 Å². The van der Waals surface area contributed by atoms with Crippen molar-refractivity contribution in [2.24, 2.45) is 17.8 Å². The normalized spacial score (nSPS) is 38.1. The molecule has 5 rings (SSSR count). The molecule has 0 aliphatic heterocycles. The Bertz CT molecular complexity index is 540. The van der Waals surface area contributed by atoms with Crippen molar-refractivity contribution in [1.29, 1.82) is 0 Å². The lowest BCUT2D eigenvalue weighted by Crippen LogP contribution is -2.48. The minimum absolute atomic E-state index is 0.0572. The van der Waals surface area contributed by atoms with Gasteiger partial charge in [-0.25, -0.2) is 4.79 Å². The summed E-state index contributed by atoms with van der Waals surface area (Å²) in [5, 5.41) is 20.8. The molecule has 4 aliphatic rings. The van der Waals surface area contributed by atoms with Gasteiger partial charge in [-0.3, -0.25) is 0 Å². The van der Waals surface area contributed by atoms with Gasteiger partial charge in [0, 0.05) is 0 Å². The summed E-state index contributed by atoms with van der Waals surface area (Å²) in [5.41, 5.74) is 1.21. The minimum Gasteiger partial charge on any atom is -0.872 e. The van der Waals surface area contributed by atoms with E-state index < -0.39 is 5.97 Å². The number of carboxylic acids is 1. The lowest BCUT2D eigenvalue weighted by molar-refractivity contribution is -0.268. The van der Waals surface area contributed by atoms with Gasteiger partial charge in [-0.05, 0) is 73.3 Å². The van der Waals surface area contributed by atoms with Crippen molar-refractivity contribution in [3.8, 4) is 5.75 Å². The van der Waals surface area contributed by atoms with Crippen LogP contribution in [0.2, 0.25) is 0 Å². The fourth-order valence-corrected chi connectivity index (χ4v) is 5.49. The third-order valence-electron chi connectivity index (χ3n) is 5.86. The highest BCUT2D eigenvalue weighted by Crippen LogP contribution is 2.60. The Morgan fingerprint density at radius 2 is 1.65 bits per heavy atom. The topological polar surface area (TPSA) is 60.4 Å². The van der Waals surface area contributed by atoms with Crippen LogP contribution in [0.25, 0.3) is 0 Å². The first-order chi connectivity index (χ1) is 9.56. The summed E-state index contributed by atoms with van der Waals surface area (Å²) in [4.78, 5) is 11.2. The quantitative estimate of drug-likeness (QED) is 0.899. The van der Waals surface area contributed by atoms with Crippen molar-refractivity contribution < 1.29 is 15.0 Å². The summed E-state index contributed by atoms with van der Waals surface area (Å²) in [5.74, 6) is 0.997. The van der Waals surface area contributed by atoms with Crippen molar-refractivity contribution in [2.45, 2.75) is 43.9 Å². The second-order valence-electron chi connectivity index (χ2n) is 7.21. The van der Waals surface area contributed by atoms with E-state index in [1.165, 1.54) is 44.6 Å². The number of hydrogen-bond donors (Lipinski definition) is 1. The summed E-state index contributed by atoms with van der Waals surface area (Å²) in [7, 11) is 0. The molecule has 0 amide bonds. The molecule has 1 aromatic rings. The second kappa shape index (κ2) is 4.00. The number of aromatic carboxylic acids is 1. The smallest absolute Gasteiger partial charge is 0.335 e. The van der Waals surface area contributed by atoms with Crippen LogP contribution in [-0.2, 0) is 5.41 Å².